The first-order chi connectivity index (χ1) is 19.8. The third kappa shape index (κ3) is 7.49. The Bertz CT molecular complexity index is 1480. The van der Waals surface area contributed by atoms with Crippen LogP contribution in [0.15, 0.2) is 139 Å². The molecule has 0 bridgehead atoms. The standard InChI is InChI=1S/C36H37BN2Si/c1-29(35(32-20-10-4-11-21-32)33-22-12-5-13-23-33)15-14-26-40-28-39-25-24-38-36(39)37-34(31-18-8-3-9-19-31)27-30-16-6-2-7-17-30/h2-13,16-25,27,37H,14-15,26,28,40H2,1H3. The van der Waals surface area contributed by atoms with Crippen molar-refractivity contribution in [1.82, 2.24) is 9.55 Å². The molecule has 0 spiro atoms. The molecule has 5 rings (SSSR count). The van der Waals surface area contributed by atoms with Gasteiger partial charge in [-0.3, -0.25) is 4.98 Å². The molecule has 1 aromatic heterocycles. The van der Waals surface area contributed by atoms with E-state index in [1.165, 1.54) is 51.3 Å². The molecule has 0 saturated carbocycles. The molecular formula is C36H37BN2Si. The van der Waals surface area contributed by atoms with E-state index in [0.29, 0.717) is 0 Å². The second-order valence-corrected chi connectivity index (χ2v) is 12.2. The molecule has 0 aliphatic heterocycles. The lowest BCUT2D eigenvalue weighted by atomic mass is 9.65. The first-order valence-corrected chi connectivity index (χ1v) is 16.4. The Morgan fingerprint density at radius 2 is 1.30 bits per heavy atom. The van der Waals surface area contributed by atoms with E-state index in [4.69, 9.17) is 4.98 Å². The summed E-state index contributed by atoms with van der Waals surface area (Å²) in [6, 6.07) is 44.3. The average molecular weight is 537 g/mol. The van der Waals surface area contributed by atoms with Crippen LogP contribution in [0.5, 0.6) is 0 Å². The Kier molecular flexibility index (Phi) is 9.80. The van der Waals surface area contributed by atoms with Gasteiger partial charge in [0.1, 0.15) is 0 Å². The van der Waals surface area contributed by atoms with E-state index in [2.05, 4.69) is 145 Å². The monoisotopic (exact) mass is 536 g/mol. The van der Waals surface area contributed by atoms with E-state index in [-0.39, 0.29) is 9.52 Å². The van der Waals surface area contributed by atoms with Crippen molar-refractivity contribution in [2.45, 2.75) is 32.0 Å². The average Bonchev–Trinajstić information content (AvgIpc) is 3.45. The minimum Gasteiger partial charge on any atom is -0.346 e. The van der Waals surface area contributed by atoms with Crippen LogP contribution in [0, 0.1) is 0 Å². The van der Waals surface area contributed by atoms with Crippen molar-refractivity contribution in [2.75, 3.05) is 0 Å². The summed E-state index contributed by atoms with van der Waals surface area (Å²) in [7, 11) is 0.588. The Labute approximate surface area is 242 Å². The van der Waals surface area contributed by atoms with E-state index in [9.17, 15) is 0 Å². The van der Waals surface area contributed by atoms with E-state index in [0.717, 1.165) is 25.6 Å². The van der Waals surface area contributed by atoms with Gasteiger partial charge in [0.25, 0.3) is 0 Å². The number of hydrogen-bond acceptors (Lipinski definition) is 1. The number of hydrogen-bond donors (Lipinski definition) is 0. The van der Waals surface area contributed by atoms with E-state index >= 15 is 0 Å². The van der Waals surface area contributed by atoms with Gasteiger partial charge in [-0.2, -0.15) is 0 Å². The topological polar surface area (TPSA) is 17.8 Å². The van der Waals surface area contributed by atoms with Crippen LogP contribution in [0.4, 0.5) is 0 Å². The maximum absolute atomic E-state index is 4.78. The van der Waals surface area contributed by atoms with Gasteiger partial charge in [-0.05, 0) is 41.2 Å². The molecule has 5 aromatic rings. The number of aromatic nitrogens is 2. The third-order valence-electron chi connectivity index (χ3n) is 7.44. The molecule has 0 radical (unpaired) electrons. The predicted molar refractivity (Wildman–Crippen MR) is 177 cm³/mol. The molecule has 0 N–H and O–H groups in total. The Morgan fingerprint density at radius 1 is 0.750 bits per heavy atom. The molecule has 198 valence electrons. The quantitative estimate of drug-likeness (QED) is 0.0955. The van der Waals surface area contributed by atoms with Gasteiger partial charge in [0.15, 0.2) is 0 Å². The Morgan fingerprint density at radius 3 is 1.90 bits per heavy atom. The van der Waals surface area contributed by atoms with Gasteiger partial charge in [0, 0.05) is 28.1 Å². The largest absolute Gasteiger partial charge is 0.346 e. The molecule has 0 aliphatic rings. The highest BCUT2D eigenvalue weighted by Gasteiger charge is 2.12. The molecule has 0 aliphatic carbocycles. The van der Waals surface area contributed by atoms with Gasteiger partial charge < -0.3 is 4.57 Å². The summed E-state index contributed by atoms with van der Waals surface area (Å²) in [6.45, 7) is 2.31. The highest BCUT2D eigenvalue weighted by atomic mass is 28.2. The zero-order chi connectivity index (χ0) is 27.4. The second kappa shape index (κ2) is 14.3. The molecule has 0 fully saturated rings. The SMILES string of the molecule is CC(CCC[SiH2]Cn1ccnc1BC(=Cc1ccccc1)c1ccccc1)=C(c1ccccc1)c1ccccc1. The molecule has 40 heavy (non-hydrogen) atoms. The summed E-state index contributed by atoms with van der Waals surface area (Å²) < 4.78 is 2.40. The molecule has 4 aromatic carbocycles. The molecule has 0 atom stereocenters. The van der Waals surface area contributed by atoms with Crippen LogP contribution in [0.3, 0.4) is 0 Å². The van der Waals surface area contributed by atoms with Crippen LogP contribution in [0.25, 0.3) is 17.1 Å². The van der Waals surface area contributed by atoms with Crippen LogP contribution >= 0.6 is 0 Å². The maximum atomic E-state index is 4.78. The fourth-order valence-electron chi connectivity index (χ4n) is 5.36. The zero-order valence-electron chi connectivity index (χ0n) is 23.4. The molecule has 0 amide bonds. The highest BCUT2D eigenvalue weighted by molar-refractivity contribution is 6.73. The minimum absolute atomic E-state index is 0.245. The van der Waals surface area contributed by atoms with Gasteiger partial charge in [-0.1, -0.05) is 151 Å². The summed E-state index contributed by atoms with van der Waals surface area (Å²) in [4.78, 5) is 4.78. The van der Waals surface area contributed by atoms with Crippen molar-refractivity contribution in [2.24, 2.45) is 0 Å². The van der Waals surface area contributed by atoms with E-state index < -0.39 is 0 Å². The molecule has 1 heterocycles. The smallest absolute Gasteiger partial charge is 0.239 e. The fraction of sp³-hybridized carbons (Fsp3) is 0.139. The molecule has 4 heteroatoms. The molecule has 2 nitrogen and oxygen atoms in total. The molecular weight excluding hydrogens is 499 g/mol. The predicted octanol–water partition coefficient (Wildman–Crippen LogP) is 6.99. The third-order valence-corrected chi connectivity index (χ3v) is 9.24. The zero-order valence-corrected chi connectivity index (χ0v) is 24.8. The van der Waals surface area contributed by atoms with Crippen LogP contribution in [-0.2, 0) is 6.17 Å². The maximum Gasteiger partial charge on any atom is 0.239 e. The van der Waals surface area contributed by atoms with Gasteiger partial charge in [-0.15, -0.1) is 0 Å². The summed E-state index contributed by atoms with van der Waals surface area (Å²) in [5.74, 6) is 0. The van der Waals surface area contributed by atoms with Gasteiger partial charge in [-0.25, -0.2) is 0 Å². The van der Waals surface area contributed by atoms with Crippen molar-refractivity contribution in [3.63, 3.8) is 0 Å². The van der Waals surface area contributed by atoms with Crippen molar-refractivity contribution >= 4 is 39.6 Å². The van der Waals surface area contributed by atoms with E-state index in [1.807, 2.05) is 6.20 Å². The summed E-state index contributed by atoms with van der Waals surface area (Å²) in [5, 5.41) is 0. The lowest BCUT2D eigenvalue weighted by Crippen LogP contribution is -2.29. The summed E-state index contributed by atoms with van der Waals surface area (Å²) in [5.41, 5.74) is 10.4. The van der Waals surface area contributed by atoms with Crippen molar-refractivity contribution in [1.29, 1.82) is 0 Å². The second-order valence-electron chi connectivity index (χ2n) is 10.4. The first-order valence-electron chi connectivity index (χ1n) is 14.4. The van der Waals surface area contributed by atoms with Gasteiger partial charge in [0.2, 0.25) is 7.28 Å². The number of nitrogens with zero attached hydrogens (tertiary/aromatic N) is 2. The van der Waals surface area contributed by atoms with Crippen molar-refractivity contribution < 1.29 is 0 Å². The van der Waals surface area contributed by atoms with Gasteiger partial charge >= 0.3 is 0 Å². The Balaban J connectivity index is 1.22. The minimum atomic E-state index is -0.245. The lowest BCUT2D eigenvalue weighted by Gasteiger charge is -2.14. The molecule has 0 saturated heterocycles. The highest BCUT2D eigenvalue weighted by Crippen LogP contribution is 2.29. The van der Waals surface area contributed by atoms with Crippen LogP contribution in [0.1, 0.15) is 42.0 Å². The number of imidazole rings is 1. The fourth-order valence-corrected chi connectivity index (χ4v) is 6.94. The van der Waals surface area contributed by atoms with Crippen molar-refractivity contribution in [3.05, 3.63) is 162 Å². The van der Waals surface area contributed by atoms with Crippen LogP contribution in [0.2, 0.25) is 6.04 Å². The number of benzene rings is 4. The van der Waals surface area contributed by atoms with Crippen LogP contribution in [-0.4, -0.2) is 26.4 Å². The first kappa shape index (κ1) is 27.4. The van der Waals surface area contributed by atoms with E-state index in [1.54, 1.807) is 0 Å². The summed E-state index contributed by atoms with van der Waals surface area (Å²) >= 11 is 0. The number of allylic oxidation sites excluding steroid dienone is 1. The lowest BCUT2D eigenvalue weighted by molar-refractivity contribution is 0.863. The molecule has 0 unspecified atom stereocenters. The Hall–Kier alpha value is -4.15. The summed E-state index contributed by atoms with van der Waals surface area (Å²) in [6.07, 6.45) is 9.96. The number of rotatable bonds is 12. The van der Waals surface area contributed by atoms with Crippen LogP contribution < -0.4 is 5.72 Å². The van der Waals surface area contributed by atoms with Gasteiger partial charge in [0.05, 0.1) is 5.72 Å². The van der Waals surface area contributed by atoms with Crippen molar-refractivity contribution in [3.8, 4) is 0 Å². The normalized spacial score (nSPS) is 11.6.